The molecular weight excluding hydrogens is 158 g/mol. The molecule has 0 amide bonds. The van der Waals surface area contributed by atoms with Gasteiger partial charge in [0.1, 0.15) is 0 Å². The molecule has 1 aromatic heterocycles. The van der Waals surface area contributed by atoms with Gasteiger partial charge in [-0.25, -0.2) is 0 Å². The van der Waals surface area contributed by atoms with Gasteiger partial charge < -0.3 is 0 Å². The molecule has 13 heavy (non-hydrogen) atoms. The van der Waals surface area contributed by atoms with E-state index in [9.17, 15) is 0 Å². The highest BCUT2D eigenvalue weighted by molar-refractivity contribution is 5.09. The number of aromatic nitrogens is 1. The van der Waals surface area contributed by atoms with Crippen molar-refractivity contribution in [3.05, 3.63) is 30.1 Å². The van der Waals surface area contributed by atoms with Gasteiger partial charge in [-0.15, -0.1) is 0 Å². The van der Waals surface area contributed by atoms with Gasteiger partial charge in [-0.3, -0.25) is 4.98 Å². The van der Waals surface area contributed by atoms with Crippen LogP contribution in [0.2, 0.25) is 0 Å². The minimum atomic E-state index is 0.795. The van der Waals surface area contributed by atoms with Gasteiger partial charge in [0, 0.05) is 12.4 Å². The lowest BCUT2D eigenvalue weighted by Crippen LogP contribution is -1.91. The molecule has 0 N–H and O–H groups in total. The van der Waals surface area contributed by atoms with Crippen molar-refractivity contribution in [1.29, 1.82) is 0 Å². The molecule has 0 saturated carbocycles. The zero-order chi connectivity index (χ0) is 10.1. The molecule has 0 atom stereocenters. The molecule has 0 fully saturated rings. The monoisotopic (exact) mass is 179 g/mol. The summed E-state index contributed by atoms with van der Waals surface area (Å²) in [6.07, 6.45) is 6.16. The summed E-state index contributed by atoms with van der Waals surface area (Å²) in [6, 6.07) is 4.17. The van der Waals surface area contributed by atoms with Gasteiger partial charge in [-0.2, -0.15) is 0 Å². The second-order valence-electron chi connectivity index (χ2n) is 3.29. The normalized spacial score (nSPS) is 9.31. The van der Waals surface area contributed by atoms with Crippen molar-refractivity contribution in [1.82, 2.24) is 4.98 Å². The van der Waals surface area contributed by atoms with Gasteiger partial charge in [0.25, 0.3) is 0 Å². The average molecular weight is 179 g/mol. The Labute approximate surface area is 82.2 Å². The van der Waals surface area contributed by atoms with Crippen LogP contribution in [0, 0.1) is 5.92 Å². The molecule has 0 radical (unpaired) electrons. The van der Waals surface area contributed by atoms with Gasteiger partial charge in [0.15, 0.2) is 0 Å². The van der Waals surface area contributed by atoms with Crippen LogP contribution in [0.3, 0.4) is 0 Å². The summed E-state index contributed by atoms with van der Waals surface area (Å²) < 4.78 is 0. The highest BCUT2D eigenvalue weighted by Crippen LogP contribution is 2.06. The number of hydrogen-bond donors (Lipinski definition) is 0. The summed E-state index contributed by atoms with van der Waals surface area (Å²) in [5.74, 6) is 0.795. The standard InChI is InChI=1S/C10H15N.C2H6/c1-9(2)3-4-10-5-7-11-8-6-10;1-2/h5-9H,3-4H2,1-2H3;1-2H3. The fourth-order valence-electron chi connectivity index (χ4n) is 1.00. The quantitative estimate of drug-likeness (QED) is 0.689. The highest BCUT2D eigenvalue weighted by Gasteiger charge is 1.94. The first-order valence-electron chi connectivity index (χ1n) is 5.18. The number of nitrogens with zero attached hydrogens (tertiary/aromatic N) is 1. The maximum Gasteiger partial charge on any atom is 0.0270 e. The number of rotatable bonds is 3. The zero-order valence-electron chi connectivity index (χ0n) is 9.25. The third kappa shape index (κ3) is 6.32. The van der Waals surface area contributed by atoms with Crippen LogP contribution < -0.4 is 0 Å². The van der Waals surface area contributed by atoms with Crippen molar-refractivity contribution < 1.29 is 0 Å². The fraction of sp³-hybridized carbons (Fsp3) is 0.583. The molecule has 74 valence electrons. The lowest BCUT2D eigenvalue weighted by molar-refractivity contribution is 0.586. The first-order valence-corrected chi connectivity index (χ1v) is 5.18. The Morgan fingerprint density at radius 2 is 1.69 bits per heavy atom. The maximum absolute atomic E-state index is 3.97. The zero-order valence-corrected chi connectivity index (χ0v) is 9.25. The van der Waals surface area contributed by atoms with Gasteiger partial charge in [0.05, 0.1) is 0 Å². The third-order valence-corrected chi connectivity index (χ3v) is 1.76. The Hall–Kier alpha value is -0.850. The Balaban J connectivity index is 0.000000671. The summed E-state index contributed by atoms with van der Waals surface area (Å²) in [5, 5.41) is 0. The van der Waals surface area contributed by atoms with E-state index in [1.165, 1.54) is 18.4 Å². The fourth-order valence-corrected chi connectivity index (χ4v) is 1.00. The van der Waals surface area contributed by atoms with E-state index in [2.05, 4.69) is 31.0 Å². The topological polar surface area (TPSA) is 12.9 Å². The van der Waals surface area contributed by atoms with Crippen molar-refractivity contribution in [2.45, 2.75) is 40.5 Å². The van der Waals surface area contributed by atoms with Crippen LogP contribution in [0.25, 0.3) is 0 Å². The number of pyridine rings is 1. The Kier molecular flexibility index (Phi) is 7.27. The lowest BCUT2D eigenvalue weighted by Gasteiger charge is -2.02. The molecule has 1 rings (SSSR count). The number of hydrogen-bond acceptors (Lipinski definition) is 1. The second kappa shape index (κ2) is 7.78. The molecule has 0 aliphatic rings. The molecule has 0 aliphatic carbocycles. The van der Waals surface area contributed by atoms with E-state index in [1.807, 2.05) is 26.2 Å². The minimum Gasteiger partial charge on any atom is -0.265 e. The minimum absolute atomic E-state index is 0.795. The summed E-state index contributed by atoms with van der Waals surface area (Å²) in [5.41, 5.74) is 1.40. The molecule has 0 unspecified atom stereocenters. The Morgan fingerprint density at radius 1 is 1.15 bits per heavy atom. The van der Waals surface area contributed by atoms with Crippen LogP contribution in [-0.4, -0.2) is 4.98 Å². The molecule has 1 heteroatoms. The van der Waals surface area contributed by atoms with Crippen LogP contribution in [-0.2, 0) is 6.42 Å². The van der Waals surface area contributed by atoms with E-state index in [1.54, 1.807) is 0 Å². The smallest absolute Gasteiger partial charge is 0.0270 e. The summed E-state index contributed by atoms with van der Waals surface area (Å²) in [7, 11) is 0. The Bertz CT molecular complexity index is 192. The predicted octanol–water partition coefficient (Wildman–Crippen LogP) is 3.70. The molecule has 1 heterocycles. The first-order chi connectivity index (χ1) is 6.29. The van der Waals surface area contributed by atoms with E-state index in [4.69, 9.17) is 0 Å². The van der Waals surface area contributed by atoms with Crippen LogP contribution in [0.15, 0.2) is 24.5 Å². The van der Waals surface area contributed by atoms with Crippen LogP contribution in [0.1, 0.15) is 39.7 Å². The summed E-state index contributed by atoms with van der Waals surface area (Å²) >= 11 is 0. The molecule has 1 aromatic rings. The maximum atomic E-state index is 3.97. The average Bonchev–Trinajstić information content (AvgIpc) is 2.19. The third-order valence-electron chi connectivity index (χ3n) is 1.76. The van der Waals surface area contributed by atoms with Gasteiger partial charge >= 0.3 is 0 Å². The SMILES string of the molecule is CC.CC(C)CCc1ccncc1. The van der Waals surface area contributed by atoms with E-state index in [-0.39, 0.29) is 0 Å². The molecule has 0 aliphatic heterocycles. The summed E-state index contributed by atoms with van der Waals surface area (Å²) in [6.45, 7) is 8.50. The highest BCUT2D eigenvalue weighted by atomic mass is 14.6. The largest absolute Gasteiger partial charge is 0.265 e. The molecule has 0 aromatic carbocycles. The Morgan fingerprint density at radius 3 is 2.15 bits per heavy atom. The molecule has 0 saturated heterocycles. The van der Waals surface area contributed by atoms with Crippen molar-refractivity contribution >= 4 is 0 Å². The predicted molar refractivity (Wildman–Crippen MR) is 58.7 cm³/mol. The van der Waals surface area contributed by atoms with Crippen LogP contribution in [0.4, 0.5) is 0 Å². The van der Waals surface area contributed by atoms with Gasteiger partial charge in [0.2, 0.25) is 0 Å². The van der Waals surface area contributed by atoms with Gasteiger partial charge in [-0.05, 0) is 36.5 Å². The first kappa shape index (κ1) is 12.2. The van der Waals surface area contributed by atoms with Crippen molar-refractivity contribution in [2.24, 2.45) is 5.92 Å². The van der Waals surface area contributed by atoms with E-state index in [0.29, 0.717) is 0 Å². The molecule has 0 spiro atoms. The van der Waals surface area contributed by atoms with Crippen molar-refractivity contribution in [3.8, 4) is 0 Å². The lowest BCUT2D eigenvalue weighted by atomic mass is 10.0. The van der Waals surface area contributed by atoms with E-state index >= 15 is 0 Å². The van der Waals surface area contributed by atoms with Crippen molar-refractivity contribution in [2.75, 3.05) is 0 Å². The number of aryl methyl sites for hydroxylation is 1. The van der Waals surface area contributed by atoms with Crippen LogP contribution >= 0.6 is 0 Å². The van der Waals surface area contributed by atoms with Crippen LogP contribution in [0.5, 0.6) is 0 Å². The van der Waals surface area contributed by atoms with E-state index < -0.39 is 0 Å². The van der Waals surface area contributed by atoms with Gasteiger partial charge in [-0.1, -0.05) is 27.7 Å². The second-order valence-corrected chi connectivity index (χ2v) is 3.29. The molecule has 1 nitrogen and oxygen atoms in total. The summed E-state index contributed by atoms with van der Waals surface area (Å²) in [4.78, 5) is 3.97. The van der Waals surface area contributed by atoms with Crippen molar-refractivity contribution in [3.63, 3.8) is 0 Å². The molecule has 0 bridgehead atoms. The molecular formula is C12H21N. The van der Waals surface area contributed by atoms with E-state index in [0.717, 1.165) is 5.92 Å².